The van der Waals surface area contributed by atoms with Crippen molar-refractivity contribution in [1.29, 1.82) is 0 Å². The molecule has 3 aromatic rings. The Morgan fingerprint density at radius 3 is 1.54 bits per heavy atom. The number of rotatable bonds is 7. The molecule has 0 fully saturated rings. The summed E-state index contributed by atoms with van der Waals surface area (Å²) in [5.41, 5.74) is -2.37. The van der Waals surface area contributed by atoms with E-state index in [0.29, 0.717) is 0 Å². The van der Waals surface area contributed by atoms with Gasteiger partial charge < -0.3 is 20.4 Å². The zero-order valence-corrected chi connectivity index (χ0v) is 17.5. The molecule has 4 N–H and O–H groups in total. The summed E-state index contributed by atoms with van der Waals surface area (Å²) in [4.78, 5) is 46.0. The molecule has 8 nitrogen and oxygen atoms in total. The third-order valence-corrected chi connectivity index (χ3v) is 5.10. The van der Waals surface area contributed by atoms with E-state index in [0.717, 1.165) is 42.5 Å². The number of carbonyl (C=O) groups is 4. The molecule has 0 radical (unpaired) electrons. The second-order valence-electron chi connectivity index (χ2n) is 7.41. The van der Waals surface area contributed by atoms with Gasteiger partial charge in [0.1, 0.15) is 0 Å². The summed E-state index contributed by atoms with van der Waals surface area (Å²) >= 11 is 0. The van der Waals surface area contributed by atoms with Gasteiger partial charge in [0.15, 0.2) is 0 Å². The number of hydrogen-bond acceptors (Lipinski definition) is 4. The van der Waals surface area contributed by atoms with Crippen LogP contribution in [0, 0.1) is 0 Å². The predicted octanol–water partition coefficient (Wildman–Crippen LogP) is 4.92. The molecule has 0 heterocycles. The van der Waals surface area contributed by atoms with Crippen LogP contribution in [-0.4, -0.2) is 50.5 Å². The highest BCUT2D eigenvalue weighted by atomic mass is 19.4. The molecule has 0 saturated carbocycles. The normalized spacial score (nSPS) is 11.2. The van der Waals surface area contributed by atoms with Gasteiger partial charge in [0.25, 0.3) is 0 Å². The summed E-state index contributed by atoms with van der Waals surface area (Å²) in [7, 11) is 0. The molecule has 3 aromatic carbocycles. The molecule has 0 unspecified atom stereocenters. The second kappa shape index (κ2) is 9.29. The Morgan fingerprint density at radius 2 is 1.09 bits per heavy atom. The lowest BCUT2D eigenvalue weighted by molar-refractivity contribution is -0.127. The third-order valence-electron chi connectivity index (χ3n) is 5.10. The van der Waals surface area contributed by atoms with Gasteiger partial charge in [-0.15, -0.1) is 0 Å². The summed E-state index contributed by atoms with van der Waals surface area (Å²) in [5, 5.41) is 37.4. The fraction of sp³-hybridized carbons (Fsp3) is 0.0833. The summed E-state index contributed by atoms with van der Waals surface area (Å²) in [6.07, 6.45) is -6.11. The molecule has 11 heteroatoms. The number of aromatic carboxylic acids is 4. The van der Waals surface area contributed by atoms with Crippen LogP contribution in [0.5, 0.6) is 0 Å². The van der Waals surface area contributed by atoms with Crippen molar-refractivity contribution >= 4 is 23.9 Å². The minimum atomic E-state index is -4.67. The maximum absolute atomic E-state index is 13.3. The maximum Gasteiger partial charge on any atom is 0.393 e. The molecule has 3 rings (SSSR count). The Bertz CT molecular complexity index is 1380. The number of hydrogen-bond donors (Lipinski definition) is 4. The quantitative estimate of drug-likeness (QED) is 0.366. The van der Waals surface area contributed by atoms with Crippen molar-refractivity contribution in [2.45, 2.75) is 12.6 Å². The molecule has 0 amide bonds. The van der Waals surface area contributed by atoms with Gasteiger partial charge in [-0.05, 0) is 58.1 Å². The first-order valence-corrected chi connectivity index (χ1v) is 9.70. The minimum absolute atomic E-state index is 0.0126. The van der Waals surface area contributed by atoms with E-state index >= 15 is 0 Å². The fourth-order valence-corrected chi connectivity index (χ4v) is 3.56. The average molecular weight is 488 g/mol. The molecule has 0 aliphatic rings. The van der Waals surface area contributed by atoms with Crippen molar-refractivity contribution in [1.82, 2.24) is 0 Å². The molecule has 0 bridgehead atoms. The van der Waals surface area contributed by atoms with Crippen LogP contribution in [0.2, 0.25) is 0 Å². The average Bonchev–Trinajstić information content (AvgIpc) is 2.77. The van der Waals surface area contributed by atoms with E-state index in [1.807, 2.05) is 0 Å². The maximum atomic E-state index is 13.3. The van der Waals surface area contributed by atoms with Crippen molar-refractivity contribution in [3.05, 3.63) is 82.4 Å². The van der Waals surface area contributed by atoms with Gasteiger partial charge in [0.2, 0.25) is 0 Å². The number of carboxylic acids is 4. The Balaban J connectivity index is 2.32. The van der Waals surface area contributed by atoms with Crippen LogP contribution in [0.1, 0.15) is 47.0 Å². The van der Waals surface area contributed by atoms with Gasteiger partial charge >= 0.3 is 30.1 Å². The largest absolute Gasteiger partial charge is 0.478 e. The van der Waals surface area contributed by atoms with Crippen LogP contribution in [0.15, 0.2) is 54.6 Å². The predicted molar refractivity (Wildman–Crippen MR) is 115 cm³/mol. The molecular weight excluding hydrogens is 473 g/mol. The standard InChI is InChI=1S/C24H15F3O8/c25-24(26,27)10-14-2-1-11(15-5-3-12(20(28)29)8-18(15)22(32)33)7-17(14)16-6-4-13(21(30)31)9-19(16)23(34)35/h1-9H,10H2,(H,28,29)(H,30,31)(H,32,33)(H,34,35). The lowest BCUT2D eigenvalue weighted by atomic mass is 9.88. The van der Waals surface area contributed by atoms with E-state index in [1.54, 1.807) is 0 Å². The van der Waals surface area contributed by atoms with Gasteiger partial charge in [-0.3, -0.25) is 0 Å². The summed E-state index contributed by atoms with van der Waals surface area (Å²) in [5.74, 6) is -5.89. The summed E-state index contributed by atoms with van der Waals surface area (Å²) < 4.78 is 39.8. The lowest BCUT2D eigenvalue weighted by Crippen LogP contribution is -2.13. The zero-order valence-electron chi connectivity index (χ0n) is 17.5. The first-order valence-electron chi connectivity index (χ1n) is 9.70. The molecule has 0 aromatic heterocycles. The molecular formula is C24H15F3O8. The second-order valence-corrected chi connectivity index (χ2v) is 7.41. The van der Waals surface area contributed by atoms with Gasteiger partial charge in [0, 0.05) is 0 Å². The van der Waals surface area contributed by atoms with E-state index in [-0.39, 0.29) is 33.4 Å². The van der Waals surface area contributed by atoms with Crippen molar-refractivity contribution in [2.75, 3.05) is 0 Å². The van der Waals surface area contributed by atoms with Crippen LogP contribution in [-0.2, 0) is 6.42 Å². The van der Waals surface area contributed by atoms with Crippen molar-refractivity contribution in [3.8, 4) is 22.3 Å². The van der Waals surface area contributed by atoms with Gasteiger partial charge in [0.05, 0.1) is 28.7 Å². The van der Waals surface area contributed by atoms with Crippen LogP contribution in [0.3, 0.4) is 0 Å². The molecule has 0 aliphatic heterocycles. The van der Waals surface area contributed by atoms with Crippen LogP contribution < -0.4 is 0 Å². The molecule has 0 spiro atoms. The Kier molecular flexibility index (Phi) is 6.63. The first kappa shape index (κ1) is 25.0. The Labute approximate surface area is 194 Å². The molecule has 0 atom stereocenters. The Morgan fingerprint density at radius 1 is 0.600 bits per heavy atom. The summed E-state index contributed by atoms with van der Waals surface area (Å²) in [6.45, 7) is 0. The lowest BCUT2D eigenvalue weighted by Gasteiger charge is -2.17. The zero-order chi connectivity index (χ0) is 26.1. The molecule has 180 valence electrons. The van der Waals surface area contributed by atoms with Crippen molar-refractivity contribution < 1.29 is 52.8 Å². The number of alkyl halides is 3. The molecule has 0 aliphatic carbocycles. The highest BCUT2D eigenvalue weighted by Gasteiger charge is 2.30. The van der Waals surface area contributed by atoms with Gasteiger partial charge in [-0.25, -0.2) is 19.2 Å². The van der Waals surface area contributed by atoms with Crippen molar-refractivity contribution in [2.24, 2.45) is 0 Å². The highest BCUT2D eigenvalue weighted by Crippen LogP contribution is 2.36. The molecule has 35 heavy (non-hydrogen) atoms. The topological polar surface area (TPSA) is 149 Å². The number of halogens is 3. The highest BCUT2D eigenvalue weighted by molar-refractivity contribution is 6.02. The van der Waals surface area contributed by atoms with Crippen LogP contribution in [0.4, 0.5) is 13.2 Å². The summed E-state index contributed by atoms with van der Waals surface area (Å²) in [6, 6.07) is 9.55. The van der Waals surface area contributed by atoms with Crippen molar-refractivity contribution in [3.63, 3.8) is 0 Å². The van der Waals surface area contributed by atoms with Gasteiger partial charge in [-0.1, -0.05) is 24.3 Å². The third kappa shape index (κ3) is 5.46. The smallest absolute Gasteiger partial charge is 0.393 e. The van der Waals surface area contributed by atoms with Gasteiger partial charge in [-0.2, -0.15) is 13.2 Å². The Hall–Kier alpha value is -4.67. The van der Waals surface area contributed by atoms with E-state index in [4.69, 9.17) is 10.2 Å². The van der Waals surface area contributed by atoms with E-state index in [2.05, 4.69) is 0 Å². The fourth-order valence-electron chi connectivity index (χ4n) is 3.56. The molecule has 0 saturated heterocycles. The van der Waals surface area contributed by atoms with E-state index in [1.165, 1.54) is 12.1 Å². The number of benzene rings is 3. The van der Waals surface area contributed by atoms with Crippen LogP contribution in [0.25, 0.3) is 22.3 Å². The monoisotopic (exact) mass is 488 g/mol. The van der Waals surface area contributed by atoms with Crippen LogP contribution >= 0.6 is 0 Å². The number of carboxylic acid groups (broad SMARTS) is 4. The minimum Gasteiger partial charge on any atom is -0.478 e. The van der Waals surface area contributed by atoms with E-state index in [9.17, 15) is 42.6 Å². The first-order chi connectivity index (χ1) is 16.3. The SMILES string of the molecule is O=C(O)c1ccc(-c2ccc(CC(F)(F)F)c(-c3ccc(C(=O)O)cc3C(=O)O)c2)c(C(=O)O)c1. The van der Waals surface area contributed by atoms with E-state index < -0.39 is 53.2 Å².